The van der Waals surface area contributed by atoms with Crippen molar-refractivity contribution in [2.45, 2.75) is 13.0 Å². The predicted octanol–water partition coefficient (Wildman–Crippen LogP) is 1.79. The molecule has 1 aromatic carbocycles. The van der Waals surface area contributed by atoms with Crippen LogP contribution >= 0.6 is 15.9 Å². The molecule has 5 N–H and O–H groups in total. The zero-order valence-corrected chi connectivity index (χ0v) is 13.5. The van der Waals surface area contributed by atoms with Crippen molar-refractivity contribution in [1.82, 2.24) is 9.97 Å². The molecule has 0 aliphatic heterocycles. The molecule has 118 valence electrons. The van der Waals surface area contributed by atoms with Gasteiger partial charge in [-0.05, 0) is 25.1 Å². The third kappa shape index (κ3) is 3.49. The molecule has 1 atom stereocenters. The first-order valence-corrected chi connectivity index (χ1v) is 7.15. The summed E-state index contributed by atoms with van der Waals surface area (Å²) in [5.74, 6) is -1.06. The number of carbonyl (C=O) groups is 1. The molecule has 8 nitrogen and oxygen atoms in total. The van der Waals surface area contributed by atoms with Crippen LogP contribution in [0.3, 0.4) is 0 Å². The first-order chi connectivity index (χ1) is 10.8. The Balaban J connectivity index is 2.66. The van der Waals surface area contributed by atoms with Gasteiger partial charge in [-0.2, -0.15) is 10.2 Å². The Morgan fingerprint density at radius 1 is 1.43 bits per heavy atom. The number of aliphatic carboxylic acids is 1. The second-order valence-electron chi connectivity index (χ2n) is 4.54. The molecule has 0 aliphatic carbocycles. The molecule has 0 bridgehead atoms. The summed E-state index contributed by atoms with van der Waals surface area (Å²) < 4.78 is 6.11. The molecule has 2 aromatic rings. The van der Waals surface area contributed by atoms with E-state index >= 15 is 0 Å². The second kappa shape index (κ2) is 6.50. The lowest BCUT2D eigenvalue weighted by molar-refractivity contribution is -0.144. The van der Waals surface area contributed by atoms with Gasteiger partial charge < -0.3 is 21.3 Å². The molecule has 0 saturated heterocycles. The average molecular weight is 378 g/mol. The van der Waals surface area contributed by atoms with Gasteiger partial charge in [0.25, 0.3) is 0 Å². The van der Waals surface area contributed by atoms with Crippen LogP contribution in [0.25, 0.3) is 11.3 Å². The number of nitrogens with two attached hydrogens (primary N) is 2. The van der Waals surface area contributed by atoms with Gasteiger partial charge in [0.2, 0.25) is 5.95 Å². The summed E-state index contributed by atoms with van der Waals surface area (Å²) in [4.78, 5) is 18.8. The summed E-state index contributed by atoms with van der Waals surface area (Å²) in [6.07, 6.45) is -1.09. The smallest absolute Gasteiger partial charge is 0.344 e. The third-order valence-electron chi connectivity index (χ3n) is 2.91. The molecule has 9 heteroatoms. The van der Waals surface area contributed by atoms with Gasteiger partial charge in [0.15, 0.2) is 6.10 Å². The van der Waals surface area contributed by atoms with Gasteiger partial charge in [-0.15, -0.1) is 0 Å². The van der Waals surface area contributed by atoms with Gasteiger partial charge in [-0.3, -0.25) is 0 Å². The average Bonchev–Trinajstić information content (AvgIpc) is 2.48. The minimum atomic E-state index is -1.12. The van der Waals surface area contributed by atoms with E-state index in [9.17, 15) is 10.1 Å². The maximum Gasteiger partial charge on any atom is 0.344 e. The highest BCUT2D eigenvalue weighted by Crippen LogP contribution is 2.35. The molecule has 23 heavy (non-hydrogen) atoms. The van der Waals surface area contributed by atoms with Gasteiger partial charge in [-0.25, -0.2) is 9.78 Å². The fraction of sp³-hybridized carbons (Fsp3) is 0.143. The number of rotatable bonds is 4. The van der Waals surface area contributed by atoms with Gasteiger partial charge in [0.1, 0.15) is 23.2 Å². The standard InChI is InChI=1S/C14H12BrN5O3/c1-6(13(21)22)23-10-3-2-7(15)4-8(10)11-9(5-16)12(17)20-14(18)19-11/h2-4,6H,1H3,(H,21,22)(H4,17,18,19,20). The number of benzene rings is 1. The van der Waals surface area contributed by atoms with Crippen molar-refractivity contribution in [3.05, 3.63) is 28.2 Å². The lowest BCUT2D eigenvalue weighted by Gasteiger charge is -2.15. The van der Waals surface area contributed by atoms with Gasteiger partial charge in [-0.1, -0.05) is 15.9 Å². The van der Waals surface area contributed by atoms with E-state index in [4.69, 9.17) is 21.3 Å². The normalized spacial score (nSPS) is 11.5. The molecule has 1 unspecified atom stereocenters. The van der Waals surface area contributed by atoms with E-state index < -0.39 is 12.1 Å². The van der Waals surface area contributed by atoms with Crippen LogP contribution in [0, 0.1) is 11.3 Å². The van der Waals surface area contributed by atoms with E-state index in [1.807, 2.05) is 6.07 Å². The van der Waals surface area contributed by atoms with E-state index in [0.717, 1.165) is 0 Å². The molecule has 1 aromatic heterocycles. The molecule has 1 heterocycles. The van der Waals surface area contributed by atoms with Crippen molar-refractivity contribution in [2.24, 2.45) is 0 Å². The van der Waals surface area contributed by atoms with Crippen molar-refractivity contribution in [3.63, 3.8) is 0 Å². The van der Waals surface area contributed by atoms with Crippen molar-refractivity contribution in [3.8, 4) is 23.1 Å². The van der Waals surface area contributed by atoms with Crippen LogP contribution < -0.4 is 16.2 Å². The van der Waals surface area contributed by atoms with Crippen LogP contribution in [-0.2, 0) is 4.79 Å². The highest BCUT2D eigenvalue weighted by molar-refractivity contribution is 9.10. The van der Waals surface area contributed by atoms with E-state index in [1.54, 1.807) is 18.2 Å². The summed E-state index contributed by atoms with van der Waals surface area (Å²) in [6, 6.07) is 6.79. The van der Waals surface area contributed by atoms with Crippen LogP contribution in [0.15, 0.2) is 22.7 Å². The number of hydrogen-bond donors (Lipinski definition) is 3. The number of nitriles is 1. The van der Waals surface area contributed by atoms with E-state index in [2.05, 4.69) is 25.9 Å². The van der Waals surface area contributed by atoms with E-state index in [0.29, 0.717) is 10.0 Å². The van der Waals surface area contributed by atoms with Crippen LogP contribution in [-0.4, -0.2) is 27.1 Å². The highest BCUT2D eigenvalue weighted by atomic mass is 79.9. The Morgan fingerprint density at radius 2 is 2.13 bits per heavy atom. The summed E-state index contributed by atoms with van der Waals surface area (Å²) in [5.41, 5.74) is 11.9. The Bertz CT molecular complexity index is 819. The quantitative estimate of drug-likeness (QED) is 0.729. The minimum absolute atomic E-state index is 0.0325. The Morgan fingerprint density at radius 3 is 2.74 bits per heavy atom. The number of nitrogens with zero attached hydrogens (tertiary/aromatic N) is 3. The Hall–Kier alpha value is -2.86. The zero-order chi connectivity index (χ0) is 17.1. The summed E-state index contributed by atoms with van der Waals surface area (Å²) in [5, 5.41) is 18.3. The van der Waals surface area contributed by atoms with Gasteiger partial charge in [0, 0.05) is 10.0 Å². The van der Waals surface area contributed by atoms with Crippen LogP contribution in [0.1, 0.15) is 12.5 Å². The molecule has 0 saturated carbocycles. The topological polar surface area (TPSA) is 148 Å². The predicted molar refractivity (Wildman–Crippen MR) is 86.4 cm³/mol. The third-order valence-corrected chi connectivity index (χ3v) is 3.41. The number of anilines is 2. The number of carboxylic acids is 1. The SMILES string of the molecule is CC(Oc1ccc(Br)cc1-c1nc(N)nc(N)c1C#N)C(=O)O. The Kier molecular flexibility index (Phi) is 4.66. The zero-order valence-electron chi connectivity index (χ0n) is 11.9. The fourth-order valence-corrected chi connectivity index (χ4v) is 2.19. The van der Waals surface area contributed by atoms with Crippen molar-refractivity contribution < 1.29 is 14.6 Å². The van der Waals surface area contributed by atoms with E-state index in [1.165, 1.54) is 6.92 Å². The maximum atomic E-state index is 11.0. The molecule has 0 aliphatic rings. The number of aromatic nitrogens is 2. The van der Waals surface area contributed by atoms with Crippen LogP contribution in [0.5, 0.6) is 5.75 Å². The summed E-state index contributed by atoms with van der Waals surface area (Å²) >= 11 is 3.31. The highest BCUT2D eigenvalue weighted by Gasteiger charge is 2.20. The molecular formula is C14H12BrN5O3. The molecule has 0 fully saturated rings. The van der Waals surface area contributed by atoms with Gasteiger partial charge >= 0.3 is 5.97 Å². The fourth-order valence-electron chi connectivity index (χ4n) is 1.83. The summed E-state index contributed by atoms with van der Waals surface area (Å²) in [7, 11) is 0. The van der Waals surface area contributed by atoms with Gasteiger partial charge in [0.05, 0.1) is 5.69 Å². The largest absolute Gasteiger partial charge is 0.479 e. The van der Waals surface area contributed by atoms with Crippen molar-refractivity contribution in [1.29, 1.82) is 5.26 Å². The molecule has 0 radical (unpaired) electrons. The Labute approximate surface area is 139 Å². The molecule has 2 rings (SSSR count). The summed E-state index contributed by atoms with van der Waals surface area (Å²) in [6.45, 7) is 1.39. The van der Waals surface area contributed by atoms with Crippen LogP contribution in [0.4, 0.5) is 11.8 Å². The number of carboxylic acid groups (broad SMARTS) is 1. The maximum absolute atomic E-state index is 11.0. The number of halogens is 1. The van der Waals surface area contributed by atoms with Crippen molar-refractivity contribution >= 4 is 33.7 Å². The molecular weight excluding hydrogens is 366 g/mol. The first kappa shape index (κ1) is 16.5. The molecule has 0 amide bonds. The number of nitrogen functional groups attached to an aromatic ring is 2. The number of hydrogen-bond acceptors (Lipinski definition) is 7. The van der Waals surface area contributed by atoms with Crippen molar-refractivity contribution in [2.75, 3.05) is 11.5 Å². The monoisotopic (exact) mass is 377 g/mol. The number of ether oxygens (including phenoxy) is 1. The minimum Gasteiger partial charge on any atom is -0.479 e. The van der Waals surface area contributed by atoms with Crippen LogP contribution in [0.2, 0.25) is 0 Å². The van der Waals surface area contributed by atoms with E-state index in [-0.39, 0.29) is 28.8 Å². The first-order valence-electron chi connectivity index (χ1n) is 6.36. The lowest BCUT2D eigenvalue weighted by Crippen LogP contribution is -2.23. The lowest BCUT2D eigenvalue weighted by atomic mass is 10.1. The molecule has 0 spiro atoms. The second-order valence-corrected chi connectivity index (χ2v) is 5.46.